The van der Waals surface area contributed by atoms with Crippen LogP contribution in [0.15, 0.2) is 232 Å². The van der Waals surface area contributed by atoms with E-state index >= 15 is 0 Å². The lowest BCUT2D eigenvalue weighted by atomic mass is 9.82. The zero-order valence-electron chi connectivity index (χ0n) is 33.5. The summed E-state index contributed by atoms with van der Waals surface area (Å²) in [5.41, 5.74) is 16.3. The first-order valence-corrected chi connectivity index (χ1v) is 22.5. The van der Waals surface area contributed by atoms with Gasteiger partial charge in [0.1, 0.15) is 0 Å². The lowest BCUT2D eigenvalue weighted by molar-refractivity contribution is 0.660. The van der Waals surface area contributed by atoms with E-state index in [1.807, 2.05) is 0 Å². The van der Waals surface area contributed by atoms with Gasteiger partial charge in [0.2, 0.25) is 0 Å². The highest BCUT2D eigenvalue weighted by atomic mass is 32.3. The molecule has 1 nitrogen and oxygen atoms in total. The molecule has 0 N–H and O–H groups in total. The minimum atomic E-state index is -1.74. The molecule has 59 heavy (non-hydrogen) atoms. The Bertz CT molecular complexity index is 2960. The predicted molar refractivity (Wildman–Crippen MR) is 250 cm³/mol. The van der Waals surface area contributed by atoms with Gasteiger partial charge in [0.25, 0.3) is 0 Å². The van der Waals surface area contributed by atoms with Crippen LogP contribution in [0.3, 0.4) is 0 Å². The number of para-hydroxylation sites is 1. The van der Waals surface area contributed by atoms with E-state index in [1.54, 1.807) is 0 Å². The van der Waals surface area contributed by atoms with Crippen LogP contribution in [0, 0.1) is 0 Å². The van der Waals surface area contributed by atoms with Crippen molar-refractivity contribution in [1.82, 2.24) is 0 Å². The SMILES string of the molecule is CC1(C)c2ccccc2-c2ccc(N(c3ccc(-c4ccccc4)cc3)c3ccccc3-c3cccc4c3-c3ccccc3S4(C3=CCCC=C3)c3ccccc3)cc21. The second-order valence-corrected chi connectivity index (χ2v) is 19.4. The van der Waals surface area contributed by atoms with Gasteiger partial charge in [0.05, 0.1) is 5.69 Å². The van der Waals surface area contributed by atoms with Crippen LogP contribution in [-0.2, 0) is 5.41 Å². The third-order valence-corrected chi connectivity index (χ3v) is 16.8. The van der Waals surface area contributed by atoms with E-state index < -0.39 is 10.0 Å². The van der Waals surface area contributed by atoms with Gasteiger partial charge in [-0.05, 0) is 117 Å². The first-order valence-electron chi connectivity index (χ1n) is 20.8. The number of nitrogens with zero attached hydrogens (tertiary/aromatic N) is 1. The van der Waals surface area contributed by atoms with Gasteiger partial charge >= 0.3 is 0 Å². The molecule has 2 aliphatic carbocycles. The Morgan fingerprint density at radius 1 is 0.458 bits per heavy atom. The molecule has 0 saturated heterocycles. The summed E-state index contributed by atoms with van der Waals surface area (Å²) in [5, 5.41) is 0. The molecular weight excluding hydrogens is 731 g/mol. The summed E-state index contributed by atoms with van der Waals surface area (Å²) in [6, 6.07) is 72.6. The zero-order valence-corrected chi connectivity index (χ0v) is 34.3. The summed E-state index contributed by atoms with van der Waals surface area (Å²) < 4.78 is 0. The minimum Gasteiger partial charge on any atom is -0.310 e. The summed E-state index contributed by atoms with van der Waals surface area (Å²) in [4.78, 5) is 8.17. The number of fused-ring (bicyclic) bond motifs is 6. The average Bonchev–Trinajstić information content (AvgIpc) is 3.73. The molecule has 0 saturated carbocycles. The summed E-state index contributed by atoms with van der Waals surface area (Å²) in [7, 11) is -1.74. The Kier molecular flexibility index (Phi) is 8.46. The second-order valence-electron chi connectivity index (χ2n) is 16.4. The number of benzene rings is 8. The highest BCUT2D eigenvalue weighted by Crippen LogP contribution is 2.81. The van der Waals surface area contributed by atoms with Gasteiger partial charge in [0, 0.05) is 42.6 Å². The maximum Gasteiger partial charge on any atom is 0.0540 e. The highest BCUT2D eigenvalue weighted by Gasteiger charge is 2.44. The van der Waals surface area contributed by atoms with Crippen LogP contribution in [0.1, 0.15) is 37.8 Å². The molecule has 0 fully saturated rings. The van der Waals surface area contributed by atoms with E-state index in [-0.39, 0.29) is 5.41 Å². The van der Waals surface area contributed by atoms with Gasteiger partial charge in [-0.2, -0.15) is 0 Å². The number of hydrogen-bond acceptors (Lipinski definition) is 1. The molecule has 0 amide bonds. The van der Waals surface area contributed by atoms with Crippen molar-refractivity contribution >= 4 is 27.1 Å². The lowest BCUT2D eigenvalue weighted by Crippen LogP contribution is -2.17. The van der Waals surface area contributed by atoms with E-state index in [1.165, 1.54) is 75.2 Å². The van der Waals surface area contributed by atoms with Crippen molar-refractivity contribution in [3.05, 3.63) is 228 Å². The fourth-order valence-electron chi connectivity index (χ4n) is 10.0. The van der Waals surface area contributed by atoms with Gasteiger partial charge in [-0.1, -0.05) is 172 Å². The van der Waals surface area contributed by atoms with Crippen molar-refractivity contribution in [3.8, 4) is 44.5 Å². The standard InChI is InChI=1S/C57H45NS/c1-57(2)51-29-15-12-25-46(51)47-38-37-43(39-52(47)57)58(42-35-33-41(34-36-42)40-19-6-3-7-20-40)53-30-16-13-26-48(53)49-28-18-32-55-56(49)50-27-14-17-31-54(50)59(55,44-21-8-4-9-22-44)45-23-10-5-11-24-45/h3-4,6-10,12-39H,5,11H2,1-2H3. The Labute approximate surface area is 350 Å². The van der Waals surface area contributed by atoms with Crippen molar-refractivity contribution in [2.75, 3.05) is 4.90 Å². The molecule has 1 heterocycles. The van der Waals surface area contributed by atoms with Crippen LogP contribution >= 0.6 is 10.0 Å². The summed E-state index contributed by atoms with van der Waals surface area (Å²) in [6.45, 7) is 4.74. The fourth-order valence-corrected chi connectivity index (χ4v) is 14.4. The maximum absolute atomic E-state index is 2.52. The van der Waals surface area contributed by atoms with Crippen LogP contribution in [-0.4, -0.2) is 0 Å². The largest absolute Gasteiger partial charge is 0.310 e. The van der Waals surface area contributed by atoms with E-state index in [2.05, 4.69) is 231 Å². The first-order chi connectivity index (χ1) is 29.0. The van der Waals surface area contributed by atoms with Crippen molar-refractivity contribution in [2.45, 2.75) is 46.8 Å². The Hall–Kier alpha value is -6.61. The van der Waals surface area contributed by atoms with Gasteiger partial charge in [-0.15, -0.1) is 10.0 Å². The molecule has 1 aliphatic heterocycles. The molecule has 284 valence electrons. The predicted octanol–water partition coefficient (Wildman–Crippen LogP) is 16.3. The van der Waals surface area contributed by atoms with E-state index in [9.17, 15) is 0 Å². The van der Waals surface area contributed by atoms with E-state index in [0.717, 1.165) is 29.9 Å². The fraction of sp³-hybridized carbons (Fsp3) is 0.0877. The molecule has 2 heteroatoms. The molecule has 8 aromatic rings. The van der Waals surface area contributed by atoms with Crippen LogP contribution in [0.2, 0.25) is 0 Å². The second kappa shape index (κ2) is 14.0. The van der Waals surface area contributed by atoms with Crippen LogP contribution in [0.4, 0.5) is 17.1 Å². The maximum atomic E-state index is 2.52. The molecule has 1 atom stereocenters. The van der Waals surface area contributed by atoms with E-state index in [4.69, 9.17) is 0 Å². The Morgan fingerprint density at radius 3 is 1.85 bits per heavy atom. The van der Waals surface area contributed by atoms with Gasteiger partial charge in [-0.25, -0.2) is 0 Å². The summed E-state index contributed by atoms with van der Waals surface area (Å²) in [6.07, 6.45) is 9.47. The molecule has 0 radical (unpaired) electrons. The third-order valence-electron chi connectivity index (χ3n) is 12.7. The van der Waals surface area contributed by atoms with Gasteiger partial charge in [0.15, 0.2) is 0 Å². The van der Waals surface area contributed by atoms with Crippen LogP contribution < -0.4 is 4.90 Å². The highest BCUT2D eigenvalue weighted by molar-refractivity contribution is 8.37. The number of rotatable bonds is 7. The normalized spacial score (nSPS) is 17.8. The Morgan fingerprint density at radius 2 is 1.07 bits per heavy atom. The number of hydrogen-bond donors (Lipinski definition) is 0. The third kappa shape index (κ3) is 5.47. The van der Waals surface area contributed by atoms with E-state index in [0.29, 0.717) is 0 Å². The smallest absolute Gasteiger partial charge is 0.0540 e. The molecule has 0 bridgehead atoms. The molecule has 0 spiro atoms. The summed E-state index contributed by atoms with van der Waals surface area (Å²) in [5.74, 6) is 0. The molecule has 1 unspecified atom stereocenters. The zero-order chi connectivity index (χ0) is 39.6. The lowest BCUT2D eigenvalue weighted by Gasteiger charge is -2.41. The molecular formula is C57H45NS. The minimum absolute atomic E-state index is 0.125. The molecule has 3 aliphatic rings. The molecule has 8 aromatic carbocycles. The topological polar surface area (TPSA) is 3.24 Å². The monoisotopic (exact) mass is 775 g/mol. The van der Waals surface area contributed by atoms with Crippen molar-refractivity contribution in [2.24, 2.45) is 0 Å². The van der Waals surface area contributed by atoms with Gasteiger partial charge in [-0.3, -0.25) is 0 Å². The summed E-state index contributed by atoms with van der Waals surface area (Å²) >= 11 is 0. The molecule has 11 rings (SSSR count). The Balaban J connectivity index is 1.15. The van der Waals surface area contributed by atoms with Crippen molar-refractivity contribution < 1.29 is 0 Å². The van der Waals surface area contributed by atoms with Gasteiger partial charge < -0.3 is 4.90 Å². The molecule has 0 aromatic heterocycles. The number of anilines is 3. The van der Waals surface area contributed by atoms with Crippen molar-refractivity contribution in [1.29, 1.82) is 0 Å². The number of allylic oxidation sites excluding steroid dienone is 3. The quantitative estimate of drug-likeness (QED) is 0.156. The van der Waals surface area contributed by atoms with Crippen LogP contribution in [0.5, 0.6) is 0 Å². The van der Waals surface area contributed by atoms with Crippen molar-refractivity contribution in [3.63, 3.8) is 0 Å². The van der Waals surface area contributed by atoms with Crippen LogP contribution in [0.25, 0.3) is 44.5 Å². The first kappa shape index (κ1) is 35.5. The average molecular weight is 776 g/mol.